The topological polar surface area (TPSA) is 0 Å². The molecule has 0 unspecified atom stereocenters. The second-order valence-corrected chi connectivity index (χ2v) is 4.69. The van der Waals surface area contributed by atoms with Gasteiger partial charge in [0.25, 0.3) is 0 Å². The largest absolute Gasteiger partial charge is 0.129 e. The first kappa shape index (κ1) is 11.4. The zero-order chi connectivity index (χ0) is 10.6. The average Bonchev–Trinajstić information content (AvgIpc) is 2.15. The minimum Gasteiger partial charge on any atom is -0.129 e. The van der Waals surface area contributed by atoms with Crippen molar-refractivity contribution in [3.05, 3.63) is 41.5 Å². The third kappa shape index (κ3) is 3.22. The molecule has 0 aromatic heterocycles. The van der Waals surface area contributed by atoms with Gasteiger partial charge in [-0.1, -0.05) is 49.8 Å². The van der Waals surface area contributed by atoms with Crippen molar-refractivity contribution < 1.29 is 0 Å². The molecule has 0 atom stereocenters. The summed E-state index contributed by atoms with van der Waals surface area (Å²) >= 11 is 1.82. The molecule has 1 aromatic rings. The highest BCUT2D eigenvalue weighted by atomic mass is 32.2. The molecule has 0 fully saturated rings. The molecular formula is C13H18S. The highest BCUT2D eigenvalue weighted by molar-refractivity contribution is 8.07. The molecule has 0 heterocycles. The normalized spacial score (nSPS) is 12.2. The zero-order valence-corrected chi connectivity index (χ0v) is 10.2. The Labute approximate surface area is 91.4 Å². The first-order valence-corrected chi connectivity index (χ1v) is 6.19. The van der Waals surface area contributed by atoms with Crippen molar-refractivity contribution >= 4 is 16.7 Å². The molecule has 0 saturated heterocycles. The molecular weight excluding hydrogens is 188 g/mol. The van der Waals surface area contributed by atoms with E-state index in [2.05, 4.69) is 57.4 Å². The lowest BCUT2D eigenvalue weighted by Crippen LogP contribution is -1.85. The van der Waals surface area contributed by atoms with Crippen LogP contribution in [0.15, 0.2) is 30.3 Å². The second kappa shape index (κ2) is 5.26. The lowest BCUT2D eigenvalue weighted by molar-refractivity contribution is 0.835. The van der Waals surface area contributed by atoms with E-state index in [9.17, 15) is 0 Å². The Hall–Kier alpha value is -0.690. The Balaban J connectivity index is 2.95. The SMILES string of the molecule is CS/C(=C\C(C)C)c1ccc(C)cc1. The van der Waals surface area contributed by atoms with Gasteiger partial charge in [-0.25, -0.2) is 0 Å². The van der Waals surface area contributed by atoms with Crippen molar-refractivity contribution in [2.24, 2.45) is 5.92 Å². The zero-order valence-electron chi connectivity index (χ0n) is 9.37. The molecule has 0 spiro atoms. The average molecular weight is 206 g/mol. The number of allylic oxidation sites excluding steroid dienone is 1. The number of rotatable bonds is 3. The van der Waals surface area contributed by atoms with E-state index in [1.54, 1.807) is 0 Å². The van der Waals surface area contributed by atoms with Gasteiger partial charge >= 0.3 is 0 Å². The number of benzene rings is 1. The van der Waals surface area contributed by atoms with E-state index in [1.165, 1.54) is 16.0 Å². The van der Waals surface area contributed by atoms with Gasteiger partial charge < -0.3 is 0 Å². The summed E-state index contributed by atoms with van der Waals surface area (Å²) in [5.41, 5.74) is 2.65. The molecule has 76 valence electrons. The molecule has 0 nitrogen and oxygen atoms in total. The molecule has 1 rings (SSSR count). The summed E-state index contributed by atoms with van der Waals surface area (Å²) in [5.74, 6) is 0.610. The van der Waals surface area contributed by atoms with Crippen molar-refractivity contribution in [2.75, 3.05) is 6.26 Å². The molecule has 1 heteroatoms. The fraction of sp³-hybridized carbons (Fsp3) is 0.385. The number of aryl methyl sites for hydroxylation is 1. The van der Waals surface area contributed by atoms with Crippen molar-refractivity contribution in [3.63, 3.8) is 0 Å². The summed E-state index contributed by atoms with van der Waals surface area (Å²) in [6.07, 6.45) is 4.45. The van der Waals surface area contributed by atoms with Crippen molar-refractivity contribution in [2.45, 2.75) is 20.8 Å². The van der Waals surface area contributed by atoms with E-state index < -0.39 is 0 Å². The van der Waals surface area contributed by atoms with Crippen LogP contribution in [0, 0.1) is 12.8 Å². The van der Waals surface area contributed by atoms with E-state index in [1.807, 2.05) is 11.8 Å². The number of hydrogen-bond donors (Lipinski definition) is 0. The Morgan fingerprint density at radius 2 is 1.79 bits per heavy atom. The maximum Gasteiger partial charge on any atom is 0.0104 e. The van der Waals surface area contributed by atoms with Gasteiger partial charge in [-0.15, -0.1) is 11.8 Å². The van der Waals surface area contributed by atoms with Gasteiger partial charge in [0.2, 0.25) is 0 Å². The molecule has 0 amide bonds. The fourth-order valence-corrected chi connectivity index (χ4v) is 2.08. The van der Waals surface area contributed by atoms with Gasteiger partial charge in [-0.2, -0.15) is 0 Å². The Bertz CT molecular complexity index is 307. The minimum atomic E-state index is 0.610. The van der Waals surface area contributed by atoms with Crippen LogP contribution in [0.1, 0.15) is 25.0 Å². The van der Waals surface area contributed by atoms with Crippen LogP contribution in [0.2, 0.25) is 0 Å². The van der Waals surface area contributed by atoms with Crippen LogP contribution in [0.4, 0.5) is 0 Å². The Kier molecular flexibility index (Phi) is 4.27. The highest BCUT2D eigenvalue weighted by Gasteiger charge is 2.00. The lowest BCUT2D eigenvalue weighted by atomic mass is 10.1. The summed E-state index contributed by atoms with van der Waals surface area (Å²) in [5, 5.41) is 0. The molecule has 0 radical (unpaired) electrons. The summed E-state index contributed by atoms with van der Waals surface area (Å²) in [7, 11) is 0. The van der Waals surface area contributed by atoms with Crippen LogP contribution >= 0.6 is 11.8 Å². The quantitative estimate of drug-likeness (QED) is 0.708. The van der Waals surface area contributed by atoms with Gasteiger partial charge in [-0.3, -0.25) is 0 Å². The molecule has 0 bridgehead atoms. The molecule has 14 heavy (non-hydrogen) atoms. The van der Waals surface area contributed by atoms with Gasteiger partial charge in [0.05, 0.1) is 0 Å². The molecule has 0 aliphatic heterocycles. The summed E-state index contributed by atoms with van der Waals surface area (Å²) < 4.78 is 0. The van der Waals surface area contributed by atoms with Gasteiger partial charge in [0.15, 0.2) is 0 Å². The van der Waals surface area contributed by atoms with E-state index >= 15 is 0 Å². The predicted octanol–water partition coefficient (Wildman–Crippen LogP) is 4.35. The molecule has 0 N–H and O–H groups in total. The van der Waals surface area contributed by atoms with Gasteiger partial charge in [-0.05, 0) is 24.7 Å². The fourth-order valence-electron chi connectivity index (χ4n) is 1.30. The van der Waals surface area contributed by atoms with Crippen molar-refractivity contribution in [1.82, 2.24) is 0 Å². The molecule has 0 aliphatic rings. The molecule has 0 aliphatic carbocycles. The Morgan fingerprint density at radius 1 is 1.21 bits per heavy atom. The highest BCUT2D eigenvalue weighted by Crippen LogP contribution is 2.26. The van der Waals surface area contributed by atoms with Crippen molar-refractivity contribution in [3.8, 4) is 0 Å². The van der Waals surface area contributed by atoms with Crippen molar-refractivity contribution in [1.29, 1.82) is 0 Å². The third-order valence-corrected chi connectivity index (χ3v) is 2.85. The first-order valence-electron chi connectivity index (χ1n) is 4.96. The maximum atomic E-state index is 2.31. The smallest absolute Gasteiger partial charge is 0.0104 e. The first-order chi connectivity index (χ1) is 6.63. The van der Waals surface area contributed by atoms with E-state index in [4.69, 9.17) is 0 Å². The monoisotopic (exact) mass is 206 g/mol. The van der Waals surface area contributed by atoms with Crippen LogP contribution in [0.3, 0.4) is 0 Å². The summed E-state index contributed by atoms with van der Waals surface area (Å²) in [4.78, 5) is 1.38. The molecule has 0 saturated carbocycles. The maximum absolute atomic E-state index is 2.31. The predicted molar refractivity (Wildman–Crippen MR) is 67.5 cm³/mol. The van der Waals surface area contributed by atoms with Crippen LogP contribution in [0.25, 0.3) is 4.91 Å². The van der Waals surface area contributed by atoms with Gasteiger partial charge in [0.1, 0.15) is 0 Å². The van der Waals surface area contributed by atoms with E-state index in [0.717, 1.165) is 0 Å². The second-order valence-electron chi connectivity index (χ2n) is 3.85. The minimum absolute atomic E-state index is 0.610. The Morgan fingerprint density at radius 3 is 2.21 bits per heavy atom. The molecule has 1 aromatic carbocycles. The number of hydrogen-bond acceptors (Lipinski definition) is 1. The van der Waals surface area contributed by atoms with E-state index in [0.29, 0.717) is 5.92 Å². The third-order valence-electron chi connectivity index (χ3n) is 2.04. The van der Waals surface area contributed by atoms with Crippen LogP contribution in [0.5, 0.6) is 0 Å². The lowest BCUT2D eigenvalue weighted by Gasteiger charge is -2.06. The van der Waals surface area contributed by atoms with Gasteiger partial charge in [0, 0.05) is 4.91 Å². The van der Waals surface area contributed by atoms with Crippen LogP contribution in [-0.2, 0) is 0 Å². The summed E-state index contributed by atoms with van der Waals surface area (Å²) in [6, 6.07) is 8.72. The van der Waals surface area contributed by atoms with Crippen LogP contribution in [-0.4, -0.2) is 6.26 Å². The summed E-state index contributed by atoms with van der Waals surface area (Å²) in [6.45, 7) is 6.55. The van der Waals surface area contributed by atoms with E-state index in [-0.39, 0.29) is 0 Å². The van der Waals surface area contributed by atoms with Crippen LogP contribution < -0.4 is 0 Å². The standard InChI is InChI=1S/C13H18S/c1-10(2)9-13(14-4)12-7-5-11(3)6-8-12/h5-10H,1-4H3/b13-9-. The number of thioether (sulfide) groups is 1.